The third-order valence-corrected chi connectivity index (χ3v) is 4.15. The minimum absolute atomic E-state index is 0.315. The van der Waals surface area contributed by atoms with Gasteiger partial charge in [-0.25, -0.2) is 0 Å². The minimum Gasteiger partial charge on any atom is -0.337 e. The van der Waals surface area contributed by atoms with Gasteiger partial charge in [0.05, 0.1) is 0 Å². The lowest BCUT2D eigenvalue weighted by atomic mass is 10.1. The van der Waals surface area contributed by atoms with Crippen molar-refractivity contribution in [1.82, 2.24) is 10.2 Å². The molecule has 3 nitrogen and oxygen atoms in total. The van der Waals surface area contributed by atoms with Crippen molar-refractivity contribution in [3.05, 3.63) is 22.4 Å². The molecule has 2 heterocycles. The number of piperazine rings is 1. The second-order valence-corrected chi connectivity index (χ2v) is 5.61. The van der Waals surface area contributed by atoms with Crippen LogP contribution >= 0.6 is 11.3 Å². The average Bonchev–Trinajstić information content (AvgIpc) is 2.82. The molecule has 2 rings (SSSR count). The SMILES string of the molecule is C[C@H]1CNCCN1C(=O)CCCc1cccs1. The fourth-order valence-electron chi connectivity index (χ4n) is 2.22. The summed E-state index contributed by atoms with van der Waals surface area (Å²) in [4.78, 5) is 15.4. The quantitative estimate of drug-likeness (QED) is 0.887. The fraction of sp³-hybridized carbons (Fsp3) is 0.615. The Hall–Kier alpha value is -0.870. The van der Waals surface area contributed by atoms with Crippen LogP contribution in [0.5, 0.6) is 0 Å². The zero-order chi connectivity index (χ0) is 12.1. The molecule has 94 valence electrons. The van der Waals surface area contributed by atoms with Crippen molar-refractivity contribution in [2.45, 2.75) is 32.2 Å². The van der Waals surface area contributed by atoms with E-state index >= 15 is 0 Å². The highest BCUT2D eigenvalue weighted by molar-refractivity contribution is 7.09. The topological polar surface area (TPSA) is 32.3 Å². The van der Waals surface area contributed by atoms with Crippen molar-refractivity contribution in [1.29, 1.82) is 0 Å². The molecule has 1 fully saturated rings. The molecule has 1 amide bonds. The summed E-state index contributed by atoms with van der Waals surface area (Å²) in [7, 11) is 0. The second-order valence-electron chi connectivity index (χ2n) is 4.57. The van der Waals surface area contributed by atoms with Crippen LogP contribution in [0.1, 0.15) is 24.6 Å². The van der Waals surface area contributed by atoms with E-state index in [0.717, 1.165) is 32.5 Å². The van der Waals surface area contributed by atoms with E-state index in [1.165, 1.54) is 4.88 Å². The van der Waals surface area contributed by atoms with Gasteiger partial charge in [-0.3, -0.25) is 4.79 Å². The predicted molar refractivity (Wildman–Crippen MR) is 71.3 cm³/mol. The molecule has 0 radical (unpaired) electrons. The Morgan fingerprint density at radius 2 is 2.53 bits per heavy atom. The maximum atomic E-state index is 12.0. The van der Waals surface area contributed by atoms with Crippen LogP contribution in [0.2, 0.25) is 0 Å². The van der Waals surface area contributed by atoms with Gasteiger partial charge in [-0.05, 0) is 31.2 Å². The predicted octanol–water partition coefficient (Wildman–Crippen LogP) is 1.89. The number of carbonyl (C=O) groups is 1. The number of nitrogens with zero attached hydrogens (tertiary/aromatic N) is 1. The number of amides is 1. The first-order chi connectivity index (χ1) is 8.27. The van der Waals surface area contributed by atoms with Crippen LogP contribution in [-0.2, 0) is 11.2 Å². The Kier molecular flexibility index (Phi) is 4.57. The summed E-state index contributed by atoms with van der Waals surface area (Å²) in [6.07, 6.45) is 2.68. The number of rotatable bonds is 4. The Balaban J connectivity index is 1.73. The number of aryl methyl sites for hydroxylation is 1. The molecule has 0 spiro atoms. The molecular formula is C13H20N2OS. The molecule has 0 aliphatic carbocycles. The van der Waals surface area contributed by atoms with Crippen molar-refractivity contribution in [2.24, 2.45) is 0 Å². The fourth-order valence-corrected chi connectivity index (χ4v) is 2.98. The van der Waals surface area contributed by atoms with E-state index in [9.17, 15) is 4.79 Å². The van der Waals surface area contributed by atoms with Gasteiger partial charge >= 0.3 is 0 Å². The monoisotopic (exact) mass is 252 g/mol. The van der Waals surface area contributed by atoms with E-state index in [1.54, 1.807) is 11.3 Å². The van der Waals surface area contributed by atoms with Crippen molar-refractivity contribution in [3.8, 4) is 0 Å². The first-order valence-corrected chi connectivity index (χ1v) is 7.18. The van der Waals surface area contributed by atoms with Gasteiger partial charge < -0.3 is 10.2 Å². The first kappa shape index (κ1) is 12.6. The van der Waals surface area contributed by atoms with Gasteiger partial charge in [0.1, 0.15) is 0 Å². The molecule has 0 saturated carbocycles. The summed E-state index contributed by atoms with van der Waals surface area (Å²) >= 11 is 1.78. The Bertz CT molecular complexity index is 350. The van der Waals surface area contributed by atoms with Crippen molar-refractivity contribution < 1.29 is 4.79 Å². The number of carbonyl (C=O) groups excluding carboxylic acids is 1. The normalized spacial score (nSPS) is 20.5. The maximum absolute atomic E-state index is 12.0. The van der Waals surface area contributed by atoms with Gasteiger partial charge in [-0.2, -0.15) is 0 Å². The van der Waals surface area contributed by atoms with Gasteiger partial charge in [0.25, 0.3) is 0 Å². The van der Waals surface area contributed by atoms with Crippen LogP contribution in [0.15, 0.2) is 17.5 Å². The van der Waals surface area contributed by atoms with E-state index in [2.05, 4.69) is 29.8 Å². The summed E-state index contributed by atoms with van der Waals surface area (Å²) in [5.74, 6) is 0.315. The van der Waals surface area contributed by atoms with Crippen LogP contribution in [0.4, 0.5) is 0 Å². The molecular weight excluding hydrogens is 232 g/mol. The van der Waals surface area contributed by atoms with Crippen LogP contribution in [-0.4, -0.2) is 36.5 Å². The minimum atomic E-state index is 0.315. The van der Waals surface area contributed by atoms with Crippen LogP contribution in [0.25, 0.3) is 0 Å². The first-order valence-electron chi connectivity index (χ1n) is 6.30. The smallest absolute Gasteiger partial charge is 0.222 e. The average molecular weight is 252 g/mol. The van der Waals surface area contributed by atoms with Gasteiger partial charge in [0.2, 0.25) is 5.91 Å². The maximum Gasteiger partial charge on any atom is 0.222 e. The van der Waals surface area contributed by atoms with E-state index in [0.29, 0.717) is 18.4 Å². The molecule has 4 heteroatoms. The molecule has 1 aromatic rings. The molecule has 1 atom stereocenters. The molecule has 1 aromatic heterocycles. The van der Waals surface area contributed by atoms with Crippen molar-refractivity contribution in [3.63, 3.8) is 0 Å². The van der Waals surface area contributed by atoms with Gasteiger partial charge in [-0.15, -0.1) is 11.3 Å². The second kappa shape index (κ2) is 6.17. The Labute approximate surface area is 107 Å². The third kappa shape index (κ3) is 3.54. The molecule has 0 unspecified atom stereocenters. The summed E-state index contributed by atoms with van der Waals surface area (Å²) in [6.45, 7) is 4.83. The lowest BCUT2D eigenvalue weighted by Gasteiger charge is -2.34. The van der Waals surface area contributed by atoms with Gasteiger partial charge in [-0.1, -0.05) is 6.07 Å². The van der Waals surface area contributed by atoms with E-state index < -0.39 is 0 Å². The van der Waals surface area contributed by atoms with E-state index in [-0.39, 0.29) is 0 Å². The molecule has 17 heavy (non-hydrogen) atoms. The van der Waals surface area contributed by atoms with Gasteiger partial charge in [0, 0.05) is 37.0 Å². The molecule has 0 bridgehead atoms. The Morgan fingerprint density at radius 1 is 1.65 bits per heavy atom. The summed E-state index contributed by atoms with van der Waals surface area (Å²) < 4.78 is 0. The van der Waals surface area contributed by atoms with Crippen molar-refractivity contribution >= 4 is 17.2 Å². The zero-order valence-corrected chi connectivity index (χ0v) is 11.1. The summed E-state index contributed by atoms with van der Waals surface area (Å²) in [6, 6.07) is 4.56. The highest BCUT2D eigenvalue weighted by Gasteiger charge is 2.22. The Morgan fingerprint density at radius 3 is 3.24 bits per heavy atom. The van der Waals surface area contributed by atoms with E-state index in [4.69, 9.17) is 0 Å². The van der Waals surface area contributed by atoms with Crippen LogP contribution in [0, 0.1) is 0 Å². The van der Waals surface area contributed by atoms with E-state index in [1.807, 2.05) is 4.90 Å². The zero-order valence-electron chi connectivity index (χ0n) is 10.3. The lowest BCUT2D eigenvalue weighted by Crippen LogP contribution is -2.52. The summed E-state index contributed by atoms with van der Waals surface area (Å²) in [5.41, 5.74) is 0. The standard InChI is InChI=1S/C13H20N2OS/c1-11-10-14-7-8-15(11)13(16)6-2-4-12-5-3-9-17-12/h3,5,9,11,14H,2,4,6-8,10H2,1H3/t11-/m0/s1. The number of nitrogens with one attached hydrogen (secondary N) is 1. The molecule has 1 aliphatic heterocycles. The molecule has 0 aromatic carbocycles. The largest absolute Gasteiger partial charge is 0.337 e. The van der Waals surface area contributed by atoms with Gasteiger partial charge in [0.15, 0.2) is 0 Å². The lowest BCUT2D eigenvalue weighted by molar-refractivity contribution is -0.134. The third-order valence-electron chi connectivity index (χ3n) is 3.22. The number of hydrogen-bond donors (Lipinski definition) is 1. The van der Waals surface area contributed by atoms with Crippen LogP contribution < -0.4 is 5.32 Å². The summed E-state index contributed by atoms with van der Waals surface area (Å²) in [5, 5.41) is 5.40. The number of thiophene rings is 1. The molecule has 1 N–H and O–H groups in total. The van der Waals surface area contributed by atoms with Crippen LogP contribution in [0.3, 0.4) is 0 Å². The van der Waals surface area contributed by atoms with Crippen molar-refractivity contribution in [2.75, 3.05) is 19.6 Å². The highest BCUT2D eigenvalue weighted by Crippen LogP contribution is 2.13. The molecule has 1 aliphatic rings. The highest BCUT2D eigenvalue weighted by atomic mass is 32.1. The molecule has 1 saturated heterocycles. The number of hydrogen-bond acceptors (Lipinski definition) is 3.